The third-order valence-electron chi connectivity index (χ3n) is 0.287. The fourth-order valence-corrected chi connectivity index (χ4v) is 0. The van der Waals surface area contributed by atoms with Crippen LogP contribution in [0.4, 0.5) is 0 Å². The fourth-order valence-electron chi connectivity index (χ4n) is 0. The predicted molar refractivity (Wildman–Crippen MR) is 20.9 cm³/mol. The molecule has 0 radical (unpaired) electrons. The van der Waals surface area contributed by atoms with Crippen molar-refractivity contribution >= 4 is 3.90 Å². The van der Waals surface area contributed by atoms with Crippen LogP contribution in [0.25, 0.3) is 0 Å². The van der Waals surface area contributed by atoms with E-state index in [1.807, 2.05) is 6.08 Å². The molecule has 0 spiro atoms. The van der Waals surface area contributed by atoms with Gasteiger partial charge >= 0.3 is 42.8 Å². The average Bonchev–Trinajstić information content (AvgIpc) is 1.38. The Hall–Kier alpha value is 0.298. The Balaban J connectivity index is 3.20. The van der Waals surface area contributed by atoms with Gasteiger partial charge in [0.2, 0.25) is 0 Å². The van der Waals surface area contributed by atoms with Gasteiger partial charge < -0.3 is 0 Å². The minimum atomic E-state index is 1.35. The van der Waals surface area contributed by atoms with Crippen molar-refractivity contribution in [1.29, 1.82) is 0 Å². The van der Waals surface area contributed by atoms with E-state index >= 15 is 0 Å². The van der Waals surface area contributed by atoms with Crippen molar-refractivity contribution in [1.82, 2.24) is 0 Å². The monoisotopic (exact) mass is 238 g/mol. The topological polar surface area (TPSA) is 0 Å². The maximum absolute atomic E-state index is 3.54. The Morgan fingerprint density at radius 2 is 2.20 bits per heavy atom. The Morgan fingerprint density at radius 1 is 2.00 bits per heavy atom. The second-order valence-corrected chi connectivity index (χ2v) is 3.13. The van der Waals surface area contributed by atoms with Gasteiger partial charge in [0.05, 0.1) is 0 Å². The summed E-state index contributed by atoms with van der Waals surface area (Å²) in [5, 5.41) is 0. The first-order chi connectivity index (χ1) is 2.27. The van der Waals surface area contributed by atoms with Crippen molar-refractivity contribution in [3.8, 4) is 0 Å². The molecule has 0 heterocycles. The van der Waals surface area contributed by atoms with Gasteiger partial charge in [-0.2, -0.15) is 0 Å². The molecule has 28 valence electrons. The van der Waals surface area contributed by atoms with Crippen LogP contribution in [0.3, 0.4) is 0 Å². The minimum absolute atomic E-state index is 1.35. The van der Waals surface area contributed by atoms with E-state index in [1.54, 1.807) is 0 Å². The van der Waals surface area contributed by atoms with E-state index < -0.39 is 0 Å². The van der Waals surface area contributed by atoms with E-state index in [0.717, 1.165) is 0 Å². The number of hydrogen-bond donors (Lipinski definition) is 0. The van der Waals surface area contributed by atoms with Crippen LogP contribution >= 0.6 is 0 Å². The van der Waals surface area contributed by atoms with Gasteiger partial charge in [0.15, 0.2) is 0 Å². The molecule has 0 aliphatic rings. The van der Waals surface area contributed by atoms with Crippen LogP contribution < -0.4 is 0 Å². The van der Waals surface area contributed by atoms with Crippen molar-refractivity contribution in [2.75, 3.05) is 0 Å². The molecule has 0 aromatic rings. The zero-order valence-corrected chi connectivity index (χ0v) is 6.13. The Labute approximate surface area is 43.3 Å². The Kier molecular flexibility index (Phi) is 2.68. The fraction of sp³-hybridized carbons (Fsp3) is 0.250. The molecule has 0 saturated carbocycles. The van der Waals surface area contributed by atoms with Crippen LogP contribution in [0.1, 0.15) is 6.92 Å². The Bertz CT molecular complexity index is 54.7. The van der Waals surface area contributed by atoms with Crippen LogP contribution in [-0.2, 0) is 19.4 Å². The molecular formula is C4H6W. The van der Waals surface area contributed by atoms with Gasteiger partial charge in [-0.1, -0.05) is 0 Å². The summed E-state index contributed by atoms with van der Waals surface area (Å²) in [5.41, 5.74) is 0. The van der Waals surface area contributed by atoms with Crippen molar-refractivity contribution in [2.45, 2.75) is 6.92 Å². The summed E-state index contributed by atoms with van der Waals surface area (Å²) in [6.07, 6.45) is 1.87. The summed E-state index contributed by atoms with van der Waals surface area (Å²) in [6, 6.07) is 0. The van der Waals surface area contributed by atoms with Crippen molar-refractivity contribution in [3.05, 3.63) is 12.7 Å². The molecule has 5 heavy (non-hydrogen) atoms. The second kappa shape index (κ2) is 2.53. The van der Waals surface area contributed by atoms with Crippen LogP contribution in [0.15, 0.2) is 12.7 Å². The molecular weight excluding hydrogens is 232 g/mol. The van der Waals surface area contributed by atoms with E-state index in [2.05, 4.69) is 13.5 Å². The van der Waals surface area contributed by atoms with E-state index in [1.165, 1.54) is 23.3 Å². The molecule has 0 unspecified atom stereocenters. The molecule has 0 N–H and O–H groups in total. The number of rotatable bonds is 1. The van der Waals surface area contributed by atoms with Crippen molar-refractivity contribution in [3.63, 3.8) is 0 Å². The summed E-state index contributed by atoms with van der Waals surface area (Å²) in [5.74, 6) is 0. The maximum atomic E-state index is 3.54. The molecule has 0 amide bonds. The van der Waals surface area contributed by atoms with Crippen LogP contribution in [0, 0.1) is 0 Å². The summed E-state index contributed by atoms with van der Waals surface area (Å²) < 4.78 is 1.35. The SMILES string of the molecule is C=C[C](C)=[W]. The molecule has 0 aromatic heterocycles. The summed E-state index contributed by atoms with van der Waals surface area (Å²) >= 11 is 1.51. The van der Waals surface area contributed by atoms with Gasteiger partial charge in [-0.3, -0.25) is 0 Å². The van der Waals surface area contributed by atoms with E-state index in [0.29, 0.717) is 0 Å². The van der Waals surface area contributed by atoms with E-state index in [4.69, 9.17) is 0 Å². The number of hydrogen-bond acceptors (Lipinski definition) is 0. The Morgan fingerprint density at radius 3 is 2.20 bits per heavy atom. The van der Waals surface area contributed by atoms with Gasteiger partial charge in [0, 0.05) is 0 Å². The molecule has 0 atom stereocenters. The molecule has 0 nitrogen and oxygen atoms in total. The molecule has 0 aliphatic heterocycles. The quantitative estimate of drug-likeness (QED) is 0.636. The second-order valence-electron chi connectivity index (χ2n) is 0.815. The normalized spacial score (nSPS) is 6.60. The van der Waals surface area contributed by atoms with Gasteiger partial charge in [-0.25, -0.2) is 0 Å². The summed E-state index contributed by atoms with van der Waals surface area (Å²) in [7, 11) is 0. The van der Waals surface area contributed by atoms with Gasteiger partial charge in [-0.05, 0) is 0 Å². The standard InChI is InChI=1S/C4H6.W/c1-3-4-2;/h3H,1H2,2H3;. The van der Waals surface area contributed by atoms with Gasteiger partial charge in [0.25, 0.3) is 0 Å². The first kappa shape index (κ1) is 5.30. The zero-order chi connectivity index (χ0) is 4.28. The first-order valence-corrected chi connectivity index (χ1v) is 2.87. The zero-order valence-electron chi connectivity index (χ0n) is 3.19. The molecule has 0 aromatic carbocycles. The molecule has 0 bridgehead atoms. The first-order valence-electron chi connectivity index (χ1n) is 1.40. The van der Waals surface area contributed by atoms with Gasteiger partial charge in [0.1, 0.15) is 0 Å². The van der Waals surface area contributed by atoms with E-state index in [-0.39, 0.29) is 0 Å². The third-order valence-corrected chi connectivity index (χ3v) is 0.886. The third kappa shape index (κ3) is 4.30. The number of allylic oxidation sites excluding steroid dienone is 1. The molecule has 0 rings (SSSR count). The van der Waals surface area contributed by atoms with Crippen molar-refractivity contribution < 1.29 is 19.4 Å². The molecule has 1 heteroatoms. The van der Waals surface area contributed by atoms with E-state index in [9.17, 15) is 0 Å². The van der Waals surface area contributed by atoms with Crippen LogP contribution in [-0.4, -0.2) is 3.90 Å². The van der Waals surface area contributed by atoms with Crippen molar-refractivity contribution in [2.24, 2.45) is 0 Å². The van der Waals surface area contributed by atoms with Crippen LogP contribution in [0.5, 0.6) is 0 Å². The molecule has 0 aliphatic carbocycles. The molecule has 0 fully saturated rings. The molecule has 0 saturated heterocycles. The van der Waals surface area contributed by atoms with Gasteiger partial charge in [-0.15, -0.1) is 0 Å². The summed E-state index contributed by atoms with van der Waals surface area (Å²) in [4.78, 5) is 0. The predicted octanol–water partition coefficient (Wildman–Crippen LogP) is 0.911. The van der Waals surface area contributed by atoms with Crippen LogP contribution in [0.2, 0.25) is 0 Å². The summed E-state index contributed by atoms with van der Waals surface area (Å²) in [6.45, 7) is 5.60. The average molecular weight is 238 g/mol.